The van der Waals surface area contributed by atoms with Crippen LogP contribution in [0.2, 0.25) is 0 Å². The molecule has 4 nitrogen and oxygen atoms in total. The summed E-state index contributed by atoms with van der Waals surface area (Å²) in [5.74, 6) is 1.70. The van der Waals surface area contributed by atoms with E-state index in [9.17, 15) is 0 Å². The molecule has 3 N–H and O–H groups in total. The number of aromatic amines is 1. The molecule has 0 atom stereocenters. The topological polar surface area (TPSA) is 63.9 Å². The molecule has 1 aromatic heterocycles. The minimum Gasteiger partial charge on any atom is -0.493 e. The molecule has 18 heavy (non-hydrogen) atoms. The smallest absolute Gasteiger partial charge is 0.141 e. The van der Waals surface area contributed by atoms with Crippen LogP contribution in [0.3, 0.4) is 0 Å². The molecule has 0 spiro atoms. The number of nitrogens with zero attached hydrogens (tertiary/aromatic N) is 1. The largest absolute Gasteiger partial charge is 0.493 e. The van der Waals surface area contributed by atoms with Crippen molar-refractivity contribution < 1.29 is 4.74 Å². The molecule has 0 aliphatic rings. The van der Waals surface area contributed by atoms with Gasteiger partial charge < -0.3 is 15.5 Å². The van der Waals surface area contributed by atoms with Gasteiger partial charge in [0.15, 0.2) is 0 Å². The number of hydrogen-bond donors (Lipinski definition) is 2. The molecule has 0 amide bonds. The Morgan fingerprint density at radius 3 is 2.83 bits per heavy atom. The van der Waals surface area contributed by atoms with Crippen molar-refractivity contribution in [2.75, 3.05) is 13.2 Å². The second-order valence-electron chi connectivity index (χ2n) is 4.12. The number of hydrogen-bond acceptors (Lipinski definition) is 3. The highest BCUT2D eigenvalue weighted by Gasteiger charge is 2.11. The molecule has 1 heterocycles. The van der Waals surface area contributed by atoms with Gasteiger partial charge in [0.05, 0.1) is 17.9 Å². The monoisotopic (exact) mass is 245 g/mol. The third-order valence-corrected chi connectivity index (χ3v) is 2.81. The lowest BCUT2D eigenvalue weighted by Crippen LogP contribution is -2.04. The molecule has 0 radical (unpaired) electrons. The number of aromatic nitrogens is 2. The minimum atomic E-state index is 0.609. The van der Waals surface area contributed by atoms with Crippen LogP contribution in [0.25, 0.3) is 11.4 Å². The number of rotatable bonds is 5. The Labute approximate surface area is 107 Å². The number of benzene rings is 1. The molecule has 2 rings (SSSR count). The van der Waals surface area contributed by atoms with Crippen molar-refractivity contribution in [2.24, 2.45) is 5.73 Å². The molecule has 2 aromatic rings. The van der Waals surface area contributed by atoms with Crippen molar-refractivity contribution in [1.29, 1.82) is 0 Å². The third-order valence-electron chi connectivity index (χ3n) is 2.81. The van der Waals surface area contributed by atoms with Gasteiger partial charge in [-0.05, 0) is 32.5 Å². The lowest BCUT2D eigenvalue weighted by atomic mass is 10.2. The summed E-state index contributed by atoms with van der Waals surface area (Å²) in [5.41, 5.74) is 8.67. The van der Waals surface area contributed by atoms with Gasteiger partial charge in [-0.3, -0.25) is 0 Å². The molecule has 4 heteroatoms. The molecule has 0 aliphatic carbocycles. The lowest BCUT2D eigenvalue weighted by molar-refractivity contribution is 0.341. The first-order chi connectivity index (χ1) is 8.76. The van der Waals surface area contributed by atoms with E-state index in [1.807, 2.05) is 38.1 Å². The zero-order chi connectivity index (χ0) is 13.0. The Morgan fingerprint density at radius 1 is 1.33 bits per heavy atom. The van der Waals surface area contributed by atoms with Crippen LogP contribution in [0.1, 0.15) is 18.3 Å². The maximum Gasteiger partial charge on any atom is 0.141 e. The second kappa shape index (κ2) is 5.69. The third kappa shape index (κ3) is 2.54. The fourth-order valence-corrected chi connectivity index (χ4v) is 1.95. The molecule has 0 saturated heterocycles. The maximum atomic E-state index is 5.62. The van der Waals surface area contributed by atoms with E-state index >= 15 is 0 Å². The molecule has 0 fully saturated rings. The summed E-state index contributed by atoms with van der Waals surface area (Å²) in [5, 5.41) is 0. The first kappa shape index (κ1) is 12.6. The number of imidazole rings is 1. The summed E-state index contributed by atoms with van der Waals surface area (Å²) < 4.78 is 5.62. The molecule has 0 saturated carbocycles. The number of H-pyrrole nitrogens is 1. The van der Waals surface area contributed by atoms with Crippen LogP contribution in [0.15, 0.2) is 24.3 Å². The van der Waals surface area contributed by atoms with Gasteiger partial charge in [0, 0.05) is 12.1 Å². The average Bonchev–Trinajstić information content (AvgIpc) is 2.73. The minimum absolute atomic E-state index is 0.609. The van der Waals surface area contributed by atoms with Gasteiger partial charge in [-0.1, -0.05) is 12.1 Å². The van der Waals surface area contributed by atoms with E-state index in [0.29, 0.717) is 13.2 Å². The van der Waals surface area contributed by atoms with Crippen LogP contribution in [0, 0.1) is 6.92 Å². The molecular weight excluding hydrogens is 226 g/mol. The Morgan fingerprint density at radius 2 is 2.11 bits per heavy atom. The van der Waals surface area contributed by atoms with E-state index in [0.717, 1.165) is 34.9 Å². The van der Waals surface area contributed by atoms with Crippen molar-refractivity contribution in [3.8, 4) is 17.1 Å². The van der Waals surface area contributed by atoms with Gasteiger partial charge in [0.25, 0.3) is 0 Å². The standard InChI is InChI=1S/C14H19N3O/c1-3-18-13-7-5-4-6-11(13)14-16-10(2)12(17-14)8-9-15/h4-7H,3,8-9,15H2,1-2H3,(H,16,17). The van der Waals surface area contributed by atoms with Gasteiger partial charge in [0.2, 0.25) is 0 Å². The number of nitrogens with two attached hydrogens (primary N) is 1. The van der Waals surface area contributed by atoms with Gasteiger partial charge in [-0.2, -0.15) is 0 Å². The van der Waals surface area contributed by atoms with Crippen LogP contribution in [-0.2, 0) is 6.42 Å². The first-order valence-electron chi connectivity index (χ1n) is 6.24. The average molecular weight is 245 g/mol. The quantitative estimate of drug-likeness (QED) is 0.849. The number of ether oxygens (including phenoxy) is 1. The molecule has 0 aliphatic heterocycles. The first-order valence-corrected chi connectivity index (χ1v) is 6.24. The van der Waals surface area contributed by atoms with E-state index in [2.05, 4.69) is 9.97 Å². The van der Waals surface area contributed by atoms with E-state index in [1.54, 1.807) is 0 Å². The highest BCUT2D eigenvalue weighted by atomic mass is 16.5. The van der Waals surface area contributed by atoms with Crippen LogP contribution in [0.5, 0.6) is 5.75 Å². The summed E-state index contributed by atoms with van der Waals surface area (Å²) in [6.07, 6.45) is 0.791. The maximum absolute atomic E-state index is 5.62. The number of aryl methyl sites for hydroxylation is 1. The fourth-order valence-electron chi connectivity index (χ4n) is 1.95. The highest BCUT2D eigenvalue weighted by Crippen LogP contribution is 2.28. The Bertz CT molecular complexity index is 520. The summed E-state index contributed by atoms with van der Waals surface area (Å²) in [6, 6.07) is 7.91. The predicted octanol–water partition coefficient (Wildman–Crippen LogP) is 2.29. The Hall–Kier alpha value is -1.81. The van der Waals surface area contributed by atoms with Gasteiger partial charge in [0.1, 0.15) is 11.6 Å². The number of nitrogens with one attached hydrogen (secondary N) is 1. The van der Waals surface area contributed by atoms with Crippen molar-refractivity contribution >= 4 is 0 Å². The van der Waals surface area contributed by atoms with Gasteiger partial charge in [-0.15, -0.1) is 0 Å². The van der Waals surface area contributed by atoms with Crippen LogP contribution < -0.4 is 10.5 Å². The van der Waals surface area contributed by atoms with Crippen molar-refractivity contribution in [2.45, 2.75) is 20.3 Å². The lowest BCUT2D eigenvalue weighted by Gasteiger charge is -2.07. The zero-order valence-corrected chi connectivity index (χ0v) is 10.9. The summed E-state index contributed by atoms with van der Waals surface area (Å²) in [6.45, 7) is 5.25. The molecule has 0 unspecified atom stereocenters. The van der Waals surface area contributed by atoms with Gasteiger partial charge >= 0.3 is 0 Å². The summed E-state index contributed by atoms with van der Waals surface area (Å²) in [4.78, 5) is 7.90. The van der Waals surface area contributed by atoms with Crippen LogP contribution in [0.4, 0.5) is 0 Å². The van der Waals surface area contributed by atoms with E-state index in [4.69, 9.17) is 10.5 Å². The van der Waals surface area contributed by atoms with Crippen molar-refractivity contribution in [3.63, 3.8) is 0 Å². The number of para-hydroxylation sites is 1. The SMILES string of the molecule is CCOc1ccccc1-c1nc(CCN)c(C)[nH]1. The molecular formula is C14H19N3O. The van der Waals surface area contributed by atoms with Crippen LogP contribution in [-0.4, -0.2) is 23.1 Å². The summed E-state index contributed by atoms with van der Waals surface area (Å²) >= 11 is 0. The molecule has 0 bridgehead atoms. The Kier molecular flexibility index (Phi) is 3.99. The highest BCUT2D eigenvalue weighted by molar-refractivity contribution is 5.64. The molecule has 96 valence electrons. The fraction of sp³-hybridized carbons (Fsp3) is 0.357. The molecule has 1 aromatic carbocycles. The van der Waals surface area contributed by atoms with Crippen molar-refractivity contribution in [3.05, 3.63) is 35.7 Å². The summed E-state index contributed by atoms with van der Waals surface area (Å²) in [7, 11) is 0. The van der Waals surface area contributed by atoms with Gasteiger partial charge in [-0.25, -0.2) is 4.98 Å². The van der Waals surface area contributed by atoms with Crippen LogP contribution >= 0.6 is 0 Å². The predicted molar refractivity (Wildman–Crippen MR) is 72.7 cm³/mol. The Balaban J connectivity index is 2.39. The zero-order valence-electron chi connectivity index (χ0n) is 10.9. The van der Waals surface area contributed by atoms with E-state index in [1.165, 1.54) is 0 Å². The van der Waals surface area contributed by atoms with E-state index in [-0.39, 0.29) is 0 Å². The van der Waals surface area contributed by atoms with E-state index < -0.39 is 0 Å². The second-order valence-corrected chi connectivity index (χ2v) is 4.12. The van der Waals surface area contributed by atoms with Crippen molar-refractivity contribution in [1.82, 2.24) is 9.97 Å². The normalized spacial score (nSPS) is 10.6.